The molecule has 0 bridgehead atoms. The van der Waals surface area contributed by atoms with E-state index in [9.17, 15) is 9.59 Å². The predicted octanol–water partition coefficient (Wildman–Crippen LogP) is 2.70. The lowest BCUT2D eigenvalue weighted by molar-refractivity contribution is -0.132. The predicted molar refractivity (Wildman–Crippen MR) is 91.6 cm³/mol. The number of rotatable bonds is 7. The maximum Gasteiger partial charge on any atom is 0.328 e. The number of nitrogens with zero attached hydrogens (tertiary/aromatic N) is 2. The Morgan fingerprint density at radius 1 is 1.12 bits per heavy atom. The van der Waals surface area contributed by atoms with E-state index in [1.165, 1.54) is 4.90 Å². The van der Waals surface area contributed by atoms with Crippen molar-refractivity contribution in [2.24, 2.45) is 0 Å². The lowest BCUT2D eigenvalue weighted by Gasteiger charge is -2.21. The number of hydrogen-bond donors (Lipinski definition) is 1. The largest absolute Gasteiger partial charge is 0.478 e. The lowest BCUT2D eigenvalue weighted by Crippen LogP contribution is -2.27. The zero-order valence-corrected chi connectivity index (χ0v) is 13.5. The number of aromatic nitrogens is 1. The molecule has 24 heavy (non-hydrogen) atoms. The number of carboxylic acid groups (broad SMARTS) is 1. The lowest BCUT2D eigenvalue weighted by atomic mass is 9.92. The Hall–Kier alpha value is -2.95. The Kier molecular flexibility index (Phi) is 6.25. The molecule has 0 aliphatic carbocycles. The number of carbonyl (C=O) groups is 2. The normalized spacial score (nSPS) is 12.0. The molecule has 0 saturated carbocycles. The van der Waals surface area contributed by atoms with Gasteiger partial charge in [-0.3, -0.25) is 9.78 Å². The molecule has 0 spiro atoms. The van der Waals surface area contributed by atoms with E-state index >= 15 is 0 Å². The highest BCUT2D eigenvalue weighted by Crippen LogP contribution is 2.26. The first kappa shape index (κ1) is 17.4. The fourth-order valence-corrected chi connectivity index (χ4v) is 2.46. The van der Waals surface area contributed by atoms with Crippen LogP contribution in [0.4, 0.5) is 0 Å². The van der Waals surface area contributed by atoms with Gasteiger partial charge in [0.05, 0.1) is 0 Å². The van der Waals surface area contributed by atoms with Crippen molar-refractivity contribution in [3.63, 3.8) is 0 Å². The molecule has 1 heterocycles. The minimum Gasteiger partial charge on any atom is -0.478 e. The van der Waals surface area contributed by atoms with Crippen molar-refractivity contribution >= 4 is 11.9 Å². The number of likely N-dealkylation sites (N-methyl/N-ethyl adjacent to an activating group) is 1. The summed E-state index contributed by atoms with van der Waals surface area (Å²) >= 11 is 0. The number of benzene rings is 1. The van der Waals surface area contributed by atoms with E-state index in [0.29, 0.717) is 13.0 Å². The van der Waals surface area contributed by atoms with Gasteiger partial charge >= 0.3 is 5.97 Å². The smallest absolute Gasteiger partial charge is 0.328 e. The molecule has 2 aromatic rings. The van der Waals surface area contributed by atoms with Crippen LogP contribution in [0.25, 0.3) is 0 Å². The average molecular weight is 324 g/mol. The molecule has 1 unspecified atom stereocenters. The zero-order chi connectivity index (χ0) is 17.4. The maximum absolute atomic E-state index is 11.9. The van der Waals surface area contributed by atoms with E-state index in [4.69, 9.17) is 5.11 Å². The number of hydrogen-bond acceptors (Lipinski definition) is 3. The Labute approximate surface area is 141 Å². The second-order valence-corrected chi connectivity index (χ2v) is 5.44. The zero-order valence-electron chi connectivity index (χ0n) is 13.5. The van der Waals surface area contributed by atoms with Gasteiger partial charge in [0.1, 0.15) is 0 Å². The third-order valence-corrected chi connectivity index (χ3v) is 3.74. The molecule has 0 aliphatic heterocycles. The van der Waals surface area contributed by atoms with Gasteiger partial charge in [-0.15, -0.1) is 0 Å². The van der Waals surface area contributed by atoms with Gasteiger partial charge in [-0.2, -0.15) is 0 Å². The first-order valence-electron chi connectivity index (χ1n) is 7.70. The molecule has 1 atom stereocenters. The van der Waals surface area contributed by atoms with Gasteiger partial charge in [-0.05, 0) is 24.1 Å². The third kappa shape index (κ3) is 5.05. The summed E-state index contributed by atoms with van der Waals surface area (Å²) in [6, 6.07) is 15.8. The van der Waals surface area contributed by atoms with E-state index < -0.39 is 5.97 Å². The van der Waals surface area contributed by atoms with E-state index in [1.54, 1.807) is 13.2 Å². The molecule has 5 heteroatoms. The highest BCUT2D eigenvalue weighted by molar-refractivity contribution is 5.93. The number of amides is 1. The number of pyridine rings is 1. The number of aliphatic carboxylic acids is 1. The van der Waals surface area contributed by atoms with E-state index in [1.807, 2.05) is 48.5 Å². The van der Waals surface area contributed by atoms with Crippen LogP contribution in [0.15, 0.2) is 66.9 Å². The molecule has 0 fully saturated rings. The number of carboxylic acids is 1. The molecule has 1 aromatic carbocycles. The first-order chi connectivity index (χ1) is 11.6. The average Bonchev–Trinajstić information content (AvgIpc) is 2.61. The molecule has 1 amide bonds. The summed E-state index contributed by atoms with van der Waals surface area (Å²) in [5.41, 5.74) is 2.09. The molecular weight excluding hydrogens is 304 g/mol. The highest BCUT2D eigenvalue weighted by atomic mass is 16.4. The van der Waals surface area contributed by atoms with Crippen LogP contribution in [0, 0.1) is 0 Å². The van der Waals surface area contributed by atoms with Gasteiger partial charge in [0.15, 0.2) is 0 Å². The van der Waals surface area contributed by atoms with E-state index in [0.717, 1.165) is 23.4 Å². The molecule has 124 valence electrons. The van der Waals surface area contributed by atoms with Gasteiger partial charge < -0.3 is 10.0 Å². The van der Waals surface area contributed by atoms with Crippen molar-refractivity contribution in [3.8, 4) is 0 Å². The van der Waals surface area contributed by atoms with Crippen molar-refractivity contribution in [3.05, 3.63) is 78.1 Å². The van der Waals surface area contributed by atoms with Crippen LogP contribution < -0.4 is 0 Å². The van der Waals surface area contributed by atoms with Gasteiger partial charge in [-0.25, -0.2) is 4.79 Å². The van der Waals surface area contributed by atoms with Crippen molar-refractivity contribution < 1.29 is 14.7 Å². The van der Waals surface area contributed by atoms with Crippen LogP contribution in [-0.2, 0) is 9.59 Å². The minimum atomic E-state index is -1.13. The Morgan fingerprint density at radius 2 is 1.83 bits per heavy atom. The summed E-state index contributed by atoms with van der Waals surface area (Å²) in [6.07, 6.45) is 4.38. The second-order valence-electron chi connectivity index (χ2n) is 5.44. The maximum atomic E-state index is 11.9. The molecule has 0 aliphatic rings. The van der Waals surface area contributed by atoms with E-state index in [-0.39, 0.29) is 11.8 Å². The minimum absolute atomic E-state index is 0.0751. The molecule has 2 rings (SSSR count). The van der Waals surface area contributed by atoms with E-state index in [2.05, 4.69) is 4.98 Å². The summed E-state index contributed by atoms with van der Waals surface area (Å²) in [5, 5.41) is 8.59. The van der Waals surface area contributed by atoms with Crippen molar-refractivity contribution in [1.82, 2.24) is 9.88 Å². The topological polar surface area (TPSA) is 70.5 Å². The van der Waals surface area contributed by atoms with Crippen LogP contribution in [-0.4, -0.2) is 40.5 Å². The van der Waals surface area contributed by atoms with Crippen LogP contribution in [0.5, 0.6) is 0 Å². The molecule has 0 saturated heterocycles. The van der Waals surface area contributed by atoms with Crippen LogP contribution in [0.3, 0.4) is 0 Å². The molecule has 1 N–H and O–H groups in total. The van der Waals surface area contributed by atoms with Gasteiger partial charge in [0, 0.05) is 43.6 Å². The van der Waals surface area contributed by atoms with Gasteiger partial charge in [-0.1, -0.05) is 36.4 Å². The molecule has 0 radical (unpaired) electrons. The number of carbonyl (C=O) groups excluding carboxylic acids is 1. The third-order valence-electron chi connectivity index (χ3n) is 3.74. The first-order valence-corrected chi connectivity index (χ1v) is 7.70. The summed E-state index contributed by atoms with van der Waals surface area (Å²) < 4.78 is 0. The highest BCUT2D eigenvalue weighted by Gasteiger charge is 2.17. The quantitative estimate of drug-likeness (QED) is 0.795. The van der Waals surface area contributed by atoms with Crippen molar-refractivity contribution in [2.45, 2.75) is 12.3 Å². The molecular formula is C19H20N2O3. The molecule has 1 aromatic heterocycles. The monoisotopic (exact) mass is 324 g/mol. The second kappa shape index (κ2) is 8.62. The van der Waals surface area contributed by atoms with Gasteiger partial charge in [0.2, 0.25) is 5.91 Å². The Balaban J connectivity index is 2.10. The fourth-order valence-electron chi connectivity index (χ4n) is 2.46. The Morgan fingerprint density at radius 3 is 2.46 bits per heavy atom. The molecule has 5 nitrogen and oxygen atoms in total. The summed E-state index contributed by atoms with van der Waals surface area (Å²) in [6.45, 7) is 0.499. The van der Waals surface area contributed by atoms with Crippen molar-refractivity contribution in [1.29, 1.82) is 0 Å². The summed E-state index contributed by atoms with van der Waals surface area (Å²) in [4.78, 5) is 28.3. The Bertz CT molecular complexity index is 660. The van der Waals surface area contributed by atoms with Crippen LogP contribution in [0.2, 0.25) is 0 Å². The fraction of sp³-hybridized carbons (Fsp3) is 0.211. The van der Waals surface area contributed by atoms with Crippen molar-refractivity contribution in [2.75, 3.05) is 13.6 Å². The summed E-state index contributed by atoms with van der Waals surface area (Å²) in [7, 11) is 1.66. The summed E-state index contributed by atoms with van der Waals surface area (Å²) in [5.74, 6) is -1.39. The SMILES string of the molecule is CN(CCC(c1ccccc1)c1ccccn1)C(=O)/C=C/C(=O)O. The van der Waals surface area contributed by atoms with Crippen LogP contribution in [0.1, 0.15) is 23.6 Å². The standard InChI is InChI=1S/C19H20N2O3/c1-21(18(22)10-11-19(23)24)14-12-16(15-7-3-2-4-8-15)17-9-5-6-13-20-17/h2-11,13,16H,12,14H2,1H3,(H,23,24)/b11-10+. The van der Waals surface area contributed by atoms with Crippen LogP contribution >= 0.6 is 0 Å². The van der Waals surface area contributed by atoms with Gasteiger partial charge in [0.25, 0.3) is 0 Å².